The van der Waals surface area contributed by atoms with E-state index < -0.39 is 30.7 Å². The van der Waals surface area contributed by atoms with Crippen molar-refractivity contribution in [2.24, 2.45) is 0 Å². The molecule has 1 saturated heterocycles. The molecule has 4 N–H and O–H groups in total. The summed E-state index contributed by atoms with van der Waals surface area (Å²) in [4.78, 5) is 0. The Morgan fingerprint density at radius 1 is 1.06 bits per heavy atom. The van der Waals surface area contributed by atoms with E-state index in [1.807, 2.05) is 6.92 Å². The third-order valence-corrected chi connectivity index (χ3v) is 3.52. The predicted octanol–water partition coefficient (Wildman–Crippen LogP) is 0.121. The molecule has 5 nitrogen and oxygen atoms in total. The maximum Gasteiger partial charge on any atom is 0.184 e. The first kappa shape index (κ1) is 13.7. The summed E-state index contributed by atoms with van der Waals surface area (Å²) < 4.78 is 5.10. The van der Waals surface area contributed by atoms with E-state index in [4.69, 9.17) is 16.3 Å². The molecule has 1 aliphatic rings. The van der Waals surface area contributed by atoms with Crippen LogP contribution < -0.4 is 0 Å². The van der Waals surface area contributed by atoms with Crippen molar-refractivity contribution in [2.75, 3.05) is 0 Å². The molecule has 2 rings (SSSR count). The molecule has 0 aliphatic carbocycles. The minimum atomic E-state index is -1.55. The van der Waals surface area contributed by atoms with E-state index in [0.29, 0.717) is 10.6 Å². The van der Waals surface area contributed by atoms with Crippen molar-refractivity contribution in [3.63, 3.8) is 0 Å². The Bertz CT molecular complexity index is 438. The van der Waals surface area contributed by atoms with Crippen LogP contribution in [-0.4, -0.2) is 45.0 Å². The molecule has 0 unspecified atom stereocenters. The van der Waals surface area contributed by atoms with Crippen LogP contribution in [0, 0.1) is 6.92 Å². The molecule has 18 heavy (non-hydrogen) atoms. The third kappa shape index (κ3) is 2.38. The largest absolute Gasteiger partial charge is 0.387 e. The quantitative estimate of drug-likeness (QED) is 0.584. The zero-order valence-electron chi connectivity index (χ0n) is 9.69. The summed E-state index contributed by atoms with van der Waals surface area (Å²) in [6.07, 6.45) is -6.82. The third-order valence-electron chi connectivity index (χ3n) is 3.11. The molecule has 1 aliphatic heterocycles. The number of benzene rings is 1. The van der Waals surface area contributed by atoms with Crippen LogP contribution in [0.3, 0.4) is 0 Å². The highest BCUT2D eigenvalue weighted by molar-refractivity contribution is 6.31. The molecule has 0 saturated carbocycles. The van der Waals surface area contributed by atoms with Crippen LogP contribution in [0.2, 0.25) is 5.02 Å². The number of ether oxygens (including phenoxy) is 1. The summed E-state index contributed by atoms with van der Waals surface area (Å²) in [7, 11) is 0. The van der Waals surface area contributed by atoms with E-state index in [0.717, 1.165) is 5.56 Å². The predicted molar refractivity (Wildman–Crippen MR) is 64.0 cm³/mol. The summed E-state index contributed by atoms with van der Waals surface area (Å²) >= 11 is 5.97. The average molecular weight is 275 g/mol. The number of rotatable bonds is 1. The molecule has 0 spiro atoms. The summed E-state index contributed by atoms with van der Waals surface area (Å²) in [6, 6.07) is 5.03. The molecule has 1 fully saturated rings. The summed E-state index contributed by atoms with van der Waals surface area (Å²) in [5.41, 5.74) is 1.40. The fraction of sp³-hybridized carbons (Fsp3) is 0.500. The fourth-order valence-electron chi connectivity index (χ4n) is 1.92. The number of aryl methyl sites for hydroxylation is 1. The van der Waals surface area contributed by atoms with Gasteiger partial charge in [-0.3, -0.25) is 0 Å². The van der Waals surface area contributed by atoms with Crippen molar-refractivity contribution in [3.05, 3.63) is 34.3 Å². The molecule has 100 valence electrons. The fourth-order valence-corrected chi connectivity index (χ4v) is 2.11. The van der Waals surface area contributed by atoms with E-state index in [1.54, 1.807) is 18.2 Å². The number of aliphatic hydroxyl groups excluding tert-OH is 4. The van der Waals surface area contributed by atoms with Gasteiger partial charge in [-0.2, -0.15) is 0 Å². The first-order chi connectivity index (χ1) is 8.41. The Kier molecular flexibility index (Phi) is 3.91. The van der Waals surface area contributed by atoms with Crippen LogP contribution in [0.1, 0.15) is 17.2 Å². The summed E-state index contributed by atoms with van der Waals surface area (Å²) in [5, 5.41) is 38.8. The van der Waals surface area contributed by atoms with Gasteiger partial charge in [0.05, 0.1) is 0 Å². The molecule has 1 aromatic rings. The van der Waals surface area contributed by atoms with Crippen molar-refractivity contribution < 1.29 is 25.2 Å². The van der Waals surface area contributed by atoms with Crippen LogP contribution >= 0.6 is 11.6 Å². The highest BCUT2D eigenvalue weighted by Crippen LogP contribution is 2.33. The number of hydrogen-bond acceptors (Lipinski definition) is 5. The van der Waals surface area contributed by atoms with E-state index in [-0.39, 0.29) is 0 Å². The Morgan fingerprint density at radius 2 is 1.72 bits per heavy atom. The first-order valence-electron chi connectivity index (χ1n) is 5.55. The molecule has 1 aromatic carbocycles. The average Bonchev–Trinajstić information content (AvgIpc) is 2.35. The molecule has 5 atom stereocenters. The lowest BCUT2D eigenvalue weighted by molar-refractivity contribution is -0.284. The second-order valence-electron chi connectivity index (χ2n) is 4.43. The number of aliphatic hydroxyl groups is 4. The molecule has 0 aromatic heterocycles. The van der Waals surface area contributed by atoms with E-state index >= 15 is 0 Å². The van der Waals surface area contributed by atoms with Crippen molar-refractivity contribution in [1.82, 2.24) is 0 Å². The minimum absolute atomic E-state index is 0.499. The minimum Gasteiger partial charge on any atom is -0.387 e. The highest BCUT2D eigenvalue weighted by Gasteiger charge is 2.43. The van der Waals surface area contributed by atoms with E-state index in [9.17, 15) is 20.4 Å². The van der Waals surface area contributed by atoms with E-state index in [2.05, 4.69) is 0 Å². The Hall–Kier alpha value is -0.690. The van der Waals surface area contributed by atoms with Gasteiger partial charge in [-0.05, 0) is 24.1 Å². The van der Waals surface area contributed by atoms with E-state index in [1.165, 1.54) is 0 Å². The van der Waals surface area contributed by atoms with Crippen LogP contribution in [0.25, 0.3) is 0 Å². The van der Waals surface area contributed by atoms with Crippen LogP contribution in [0.5, 0.6) is 0 Å². The second-order valence-corrected chi connectivity index (χ2v) is 4.83. The molecular weight excluding hydrogens is 260 g/mol. The SMILES string of the molecule is Cc1ccc([C@@H]2O[C@@H](O)[C@@H](O)[C@H](O)[C@@H]2O)cc1Cl. The first-order valence-corrected chi connectivity index (χ1v) is 5.93. The summed E-state index contributed by atoms with van der Waals surface area (Å²) in [6.45, 7) is 1.83. The van der Waals surface area contributed by atoms with Crippen LogP contribution in [0.15, 0.2) is 18.2 Å². The maximum absolute atomic E-state index is 9.85. The standard InChI is InChI=1S/C12H15ClO5/c1-5-2-3-6(4-7(5)13)11-9(15)8(14)10(16)12(17)18-11/h2-4,8-12,14-17H,1H3/t8-,9+,10+,11+,12-/m1/s1. The van der Waals surface area contributed by atoms with Gasteiger partial charge in [0, 0.05) is 5.02 Å². The normalized spacial score (nSPS) is 36.7. The maximum atomic E-state index is 9.85. The van der Waals surface area contributed by atoms with Gasteiger partial charge in [-0.25, -0.2) is 0 Å². The van der Waals surface area contributed by atoms with Gasteiger partial charge >= 0.3 is 0 Å². The van der Waals surface area contributed by atoms with Gasteiger partial charge < -0.3 is 25.2 Å². The summed E-state index contributed by atoms with van der Waals surface area (Å²) in [5.74, 6) is 0. The van der Waals surface area contributed by atoms with Crippen molar-refractivity contribution >= 4 is 11.6 Å². The van der Waals surface area contributed by atoms with Crippen molar-refractivity contribution in [1.29, 1.82) is 0 Å². The lowest BCUT2D eigenvalue weighted by atomic mass is 9.93. The molecule has 0 bridgehead atoms. The van der Waals surface area contributed by atoms with Crippen molar-refractivity contribution in [3.8, 4) is 0 Å². The van der Waals surface area contributed by atoms with Gasteiger partial charge in [0.2, 0.25) is 0 Å². The lowest BCUT2D eigenvalue weighted by Crippen LogP contribution is -2.54. The zero-order chi connectivity index (χ0) is 13.4. The topological polar surface area (TPSA) is 90.2 Å². The Morgan fingerprint density at radius 3 is 2.33 bits per heavy atom. The van der Waals surface area contributed by atoms with Gasteiger partial charge in [-0.15, -0.1) is 0 Å². The monoisotopic (exact) mass is 274 g/mol. The van der Waals surface area contributed by atoms with Crippen LogP contribution in [0.4, 0.5) is 0 Å². The van der Waals surface area contributed by atoms with Gasteiger partial charge in [-0.1, -0.05) is 23.7 Å². The number of halogens is 1. The van der Waals surface area contributed by atoms with Gasteiger partial charge in [0.1, 0.15) is 24.4 Å². The molecular formula is C12H15ClO5. The van der Waals surface area contributed by atoms with Gasteiger partial charge in [0.25, 0.3) is 0 Å². The zero-order valence-corrected chi connectivity index (χ0v) is 10.4. The van der Waals surface area contributed by atoms with Gasteiger partial charge in [0.15, 0.2) is 6.29 Å². The molecule has 1 heterocycles. The molecule has 0 radical (unpaired) electrons. The molecule has 0 amide bonds. The van der Waals surface area contributed by atoms with Crippen LogP contribution in [-0.2, 0) is 4.74 Å². The Labute approximate surface area is 109 Å². The second kappa shape index (κ2) is 5.13. The van der Waals surface area contributed by atoms with Crippen molar-refractivity contribution in [2.45, 2.75) is 37.6 Å². The number of hydrogen-bond donors (Lipinski definition) is 4. The smallest absolute Gasteiger partial charge is 0.184 e. The highest BCUT2D eigenvalue weighted by atomic mass is 35.5. The molecule has 6 heteroatoms. The Balaban J connectivity index is 2.29. The lowest BCUT2D eigenvalue weighted by Gasteiger charge is -2.38.